The van der Waals surface area contributed by atoms with Crippen LogP contribution in [0.15, 0.2) is 48.5 Å². The largest absolute Gasteiger partial charge is 0.573 e. The predicted molar refractivity (Wildman–Crippen MR) is 95.9 cm³/mol. The molecule has 0 heterocycles. The molecule has 2 aromatic carbocycles. The number of nitrogens with one attached hydrogen (secondary N) is 2. The molecule has 0 aliphatic rings. The van der Waals surface area contributed by atoms with Crippen LogP contribution < -0.4 is 20.1 Å². The van der Waals surface area contributed by atoms with E-state index >= 15 is 0 Å². The van der Waals surface area contributed by atoms with Gasteiger partial charge in [-0.15, -0.1) is 13.2 Å². The summed E-state index contributed by atoms with van der Waals surface area (Å²) in [5.74, 6) is -0.636. The number of benzene rings is 2. The molecule has 0 aromatic heterocycles. The summed E-state index contributed by atoms with van der Waals surface area (Å²) in [6, 6.07) is 11.1. The zero-order chi connectivity index (χ0) is 20.7. The van der Waals surface area contributed by atoms with Gasteiger partial charge in [0, 0.05) is 18.7 Å². The van der Waals surface area contributed by atoms with Gasteiger partial charge >= 0.3 is 6.36 Å². The fourth-order valence-electron chi connectivity index (χ4n) is 2.50. The van der Waals surface area contributed by atoms with Crippen molar-refractivity contribution >= 4 is 17.5 Å². The van der Waals surface area contributed by atoms with Crippen molar-refractivity contribution in [3.05, 3.63) is 54.1 Å². The zero-order valence-electron chi connectivity index (χ0n) is 15.2. The van der Waals surface area contributed by atoms with Gasteiger partial charge in [0.25, 0.3) is 0 Å². The molecular formula is C19H19F3N2O4. The summed E-state index contributed by atoms with van der Waals surface area (Å²) in [4.78, 5) is 23.8. The van der Waals surface area contributed by atoms with Gasteiger partial charge in [0.1, 0.15) is 11.5 Å². The number of methoxy groups -OCH3 is 1. The monoisotopic (exact) mass is 396 g/mol. The average Bonchev–Trinajstić information content (AvgIpc) is 2.59. The Morgan fingerprint density at radius 2 is 1.75 bits per heavy atom. The minimum Gasteiger partial charge on any atom is -0.497 e. The first-order valence-corrected chi connectivity index (χ1v) is 8.23. The number of halogens is 3. The quantitative estimate of drug-likeness (QED) is 0.747. The standard InChI is InChI=1S/C19H19F3N2O4/c1-12(25)23-17(13-6-8-15(27-2)9-7-13)11-18(26)24-14-4-3-5-16(10-14)28-19(20,21)22/h3-10,17H,11H2,1-2H3,(H,23,25)(H,24,26). The van der Waals surface area contributed by atoms with Crippen LogP contribution in [0, 0.1) is 0 Å². The summed E-state index contributed by atoms with van der Waals surface area (Å²) in [7, 11) is 1.52. The van der Waals surface area contributed by atoms with Gasteiger partial charge in [0.2, 0.25) is 11.8 Å². The minimum atomic E-state index is -4.83. The Kier molecular flexibility index (Phi) is 6.86. The average molecular weight is 396 g/mol. The SMILES string of the molecule is COc1ccc(C(CC(=O)Nc2cccc(OC(F)(F)F)c2)NC(C)=O)cc1. The first-order valence-electron chi connectivity index (χ1n) is 8.23. The molecular weight excluding hydrogens is 377 g/mol. The smallest absolute Gasteiger partial charge is 0.497 e. The fraction of sp³-hybridized carbons (Fsp3) is 0.263. The number of carbonyl (C=O) groups is 2. The van der Waals surface area contributed by atoms with Crippen LogP contribution in [0.4, 0.5) is 18.9 Å². The Labute approximate surface area is 159 Å². The molecule has 2 rings (SSSR count). The van der Waals surface area contributed by atoms with Crippen LogP contribution in [-0.4, -0.2) is 25.3 Å². The first-order chi connectivity index (χ1) is 13.2. The van der Waals surface area contributed by atoms with E-state index in [2.05, 4.69) is 15.4 Å². The van der Waals surface area contributed by atoms with Gasteiger partial charge in [-0.2, -0.15) is 0 Å². The van der Waals surface area contributed by atoms with E-state index in [1.165, 1.54) is 26.2 Å². The third-order valence-corrected chi connectivity index (χ3v) is 3.64. The molecule has 150 valence electrons. The van der Waals surface area contributed by atoms with E-state index in [1.807, 2.05) is 0 Å². The minimum absolute atomic E-state index is 0.115. The molecule has 0 fully saturated rings. The number of anilines is 1. The van der Waals surface area contributed by atoms with Crippen molar-refractivity contribution in [2.24, 2.45) is 0 Å². The Balaban J connectivity index is 2.08. The molecule has 0 aliphatic heterocycles. The number of alkyl halides is 3. The molecule has 0 spiro atoms. The van der Waals surface area contributed by atoms with Gasteiger partial charge < -0.3 is 20.1 Å². The summed E-state index contributed by atoms with van der Waals surface area (Å²) >= 11 is 0. The highest BCUT2D eigenvalue weighted by molar-refractivity contribution is 5.91. The molecule has 2 aromatic rings. The number of hydrogen-bond acceptors (Lipinski definition) is 4. The van der Waals surface area contributed by atoms with E-state index in [9.17, 15) is 22.8 Å². The van der Waals surface area contributed by atoms with Gasteiger partial charge in [-0.3, -0.25) is 9.59 Å². The van der Waals surface area contributed by atoms with Crippen LogP contribution in [0.2, 0.25) is 0 Å². The Bertz CT molecular complexity index is 823. The normalized spacial score (nSPS) is 12.0. The third kappa shape index (κ3) is 6.82. The van der Waals surface area contributed by atoms with Gasteiger partial charge in [-0.25, -0.2) is 0 Å². The molecule has 1 unspecified atom stereocenters. The number of hydrogen-bond donors (Lipinski definition) is 2. The highest BCUT2D eigenvalue weighted by atomic mass is 19.4. The lowest BCUT2D eigenvalue weighted by Crippen LogP contribution is -2.29. The first kappa shape index (κ1) is 21.1. The predicted octanol–water partition coefficient (Wildman–Crippen LogP) is 3.80. The molecule has 0 saturated heterocycles. The van der Waals surface area contributed by atoms with E-state index in [-0.39, 0.29) is 18.0 Å². The molecule has 1 atom stereocenters. The van der Waals surface area contributed by atoms with Gasteiger partial charge in [0.05, 0.1) is 19.6 Å². The van der Waals surface area contributed by atoms with E-state index in [0.29, 0.717) is 11.3 Å². The Morgan fingerprint density at radius 3 is 2.32 bits per heavy atom. The maximum Gasteiger partial charge on any atom is 0.573 e. The van der Waals surface area contributed by atoms with E-state index in [0.717, 1.165) is 12.1 Å². The Hall–Kier alpha value is -3.23. The number of ether oxygens (including phenoxy) is 2. The van der Waals surface area contributed by atoms with Gasteiger partial charge in [-0.1, -0.05) is 18.2 Å². The second-order valence-electron chi connectivity index (χ2n) is 5.85. The molecule has 0 aliphatic carbocycles. The van der Waals surface area contributed by atoms with E-state index in [1.54, 1.807) is 24.3 Å². The topological polar surface area (TPSA) is 76.7 Å². The van der Waals surface area contributed by atoms with Crippen LogP contribution >= 0.6 is 0 Å². The van der Waals surface area contributed by atoms with Crippen LogP contribution in [-0.2, 0) is 9.59 Å². The maximum atomic E-state index is 12.3. The second kappa shape index (κ2) is 9.12. The summed E-state index contributed by atoms with van der Waals surface area (Å²) in [6.45, 7) is 1.33. The zero-order valence-corrected chi connectivity index (χ0v) is 15.2. The molecule has 28 heavy (non-hydrogen) atoms. The Morgan fingerprint density at radius 1 is 1.07 bits per heavy atom. The van der Waals surface area contributed by atoms with E-state index in [4.69, 9.17) is 4.74 Å². The van der Waals surface area contributed by atoms with Crippen molar-refractivity contribution in [2.75, 3.05) is 12.4 Å². The molecule has 2 amide bonds. The third-order valence-electron chi connectivity index (χ3n) is 3.64. The fourth-order valence-corrected chi connectivity index (χ4v) is 2.50. The lowest BCUT2D eigenvalue weighted by atomic mass is 10.0. The maximum absolute atomic E-state index is 12.3. The van der Waals surface area contributed by atoms with Gasteiger partial charge in [0.15, 0.2) is 0 Å². The molecule has 0 saturated carbocycles. The van der Waals surface area contributed by atoms with Crippen molar-refractivity contribution in [1.82, 2.24) is 5.32 Å². The van der Waals surface area contributed by atoms with Crippen molar-refractivity contribution < 1.29 is 32.2 Å². The van der Waals surface area contributed by atoms with Crippen molar-refractivity contribution in [3.63, 3.8) is 0 Å². The highest BCUT2D eigenvalue weighted by Crippen LogP contribution is 2.26. The van der Waals surface area contributed by atoms with Crippen molar-refractivity contribution in [2.45, 2.75) is 25.7 Å². The summed E-state index contributed by atoms with van der Waals surface area (Å²) in [5.41, 5.74) is 0.823. The summed E-state index contributed by atoms with van der Waals surface area (Å²) in [6.07, 6.45) is -4.94. The van der Waals surface area contributed by atoms with Crippen molar-refractivity contribution in [3.8, 4) is 11.5 Å². The lowest BCUT2D eigenvalue weighted by molar-refractivity contribution is -0.274. The summed E-state index contributed by atoms with van der Waals surface area (Å²) in [5, 5.41) is 5.18. The van der Waals surface area contributed by atoms with Crippen LogP contribution in [0.1, 0.15) is 24.9 Å². The van der Waals surface area contributed by atoms with Crippen LogP contribution in [0.25, 0.3) is 0 Å². The number of carbonyl (C=O) groups excluding carboxylic acids is 2. The lowest BCUT2D eigenvalue weighted by Gasteiger charge is -2.18. The number of rotatable bonds is 7. The molecule has 0 radical (unpaired) electrons. The van der Waals surface area contributed by atoms with Crippen LogP contribution in [0.5, 0.6) is 11.5 Å². The van der Waals surface area contributed by atoms with Crippen LogP contribution in [0.3, 0.4) is 0 Å². The highest BCUT2D eigenvalue weighted by Gasteiger charge is 2.31. The molecule has 6 nitrogen and oxygen atoms in total. The summed E-state index contributed by atoms with van der Waals surface area (Å²) < 4.78 is 45.8. The molecule has 2 N–H and O–H groups in total. The second-order valence-corrected chi connectivity index (χ2v) is 5.85. The van der Waals surface area contributed by atoms with Crippen molar-refractivity contribution in [1.29, 1.82) is 0 Å². The number of amides is 2. The van der Waals surface area contributed by atoms with Gasteiger partial charge in [-0.05, 0) is 29.8 Å². The molecule has 0 bridgehead atoms. The van der Waals surface area contributed by atoms with E-state index < -0.39 is 24.1 Å². The molecule has 9 heteroatoms.